The van der Waals surface area contributed by atoms with E-state index in [1.807, 2.05) is 27.7 Å². The number of halogens is 1. The molecular weight excluding hydrogens is 504 g/mol. The fourth-order valence-electron chi connectivity index (χ4n) is 3.42. The number of allylic oxidation sites excluding steroid dienone is 1. The molecule has 0 saturated carbocycles. The predicted octanol–water partition coefficient (Wildman–Crippen LogP) is 4.61. The molecule has 37 heavy (non-hydrogen) atoms. The number of imide groups is 2. The third-order valence-electron chi connectivity index (χ3n) is 6.05. The maximum absolute atomic E-state index is 12.5. The van der Waals surface area contributed by atoms with Crippen LogP contribution in [-0.2, 0) is 28.5 Å². The first kappa shape index (κ1) is 34.6. The molecule has 0 unspecified atom stereocenters. The average Bonchev–Trinajstić information content (AvgIpc) is 3.45. The van der Waals surface area contributed by atoms with Gasteiger partial charge >= 0.3 is 12.2 Å². The molecule has 10 nitrogen and oxygen atoms in total. The van der Waals surface area contributed by atoms with Gasteiger partial charge in [0.15, 0.2) is 0 Å². The molecule has 2 aliphatic heterocycles. The quantitative estimate of drug-likeness (QED) is 0.246. The van der Waals surface area contributed by atoms with Gasteiger partial charge in [-0.15, -0.1) is 6.58 Å². The van der Waals surface area contributed by atoms with Crippen LogP contribution in [0.2, 0.25) is 0 Å². The Morgan fingerprint density at radius 1 is 1.05 bits per heavy atom. The highest BCUT2D eigenvalue weighted by Gasteiger charge is 2.46. The highest BCUT2D eigenvalue weighted by Crippen LogP contribution is 2.28. The zero-order valence-corrected chi connectivity index (χ0v) is 24.3. The number of alkyl halides is 1. The minimum absolute atomic E-state index is 0.139. The second-order valence-electron chi connectivity index (χ2n) is 9.55. The lowest BCUT2D eigenvalue weighted by Gasteiger charge is -2.31. The topological polar surface area (TPSA) is 112 Å². The van der Waals surface area contributed by atoms with Gasteiger partial charge in [-0.25, -0.2) is 19.4 Å². The van der Waals surface area contributed by atoms with Crippen LogP contribution in [0.5, 0.6) is 0 Å². The fraction of sp³-hybridized carbons (Fsp3) is 0.692. The predicted molar refractivity (Wildman–Crippen MR) is 141 cm³/mol. The first-order valence-electron chi connectivity index (χ1n) is 12.1. The van der Waals surface area contributed by atoms with Crippen molar-refractivity contribution in [1.82, 2.24) is 9.80 Å². The Morgan fingerprint density at radius 2 is 1.49 bits per heavy atom. The van der Waals surface area contributed by atoms with Gasteiger partial charge in [-0.1, -0.05) is 51.4 Å². The molecule has 2 fully saturated rings. The van der Waals surface area contributed by atoms with Gasteiger partial charge in [0, 0.05) is 19.8 Å². The van der Waals surface area contributed by atoms with E-state index in [-0.39, 0.29) is 48.9 Å². The summed E-state index contributed by atoms with van der Waals surface area (Å²) < 4.78 is 19.2. The summed E-state index contributed by atoms with van der Waals surface area (Å²) in [7, 11) is 3.06. The van der Waals surface area contributed by atoms with Gasteiger partial charge in [0.2, 0.25) is 5.91 Å². The lowest BCUT2D eigenvalue weighted by Crippen LogP contribution is -2.49. The number of methoxy groups -OCH3 is 2. The van der Waals surface area contributed by atoms with Crippen molar-refractivity contribution in [2.45, 2.75) is 60.5 Å². The number of carbonyl (C=O) groups excluding carboxylic acids is 4. The molecule has 11 heteroatoms. The number of ether oxygens (including phenoxy) is 4. The molecule has 0 aliphatic carbocycles. The van der Waals surface area contributed by atoms with Crippen molar-refractivity contribution in [2.24, 2.45) is 17.3 Å². The molecular formula is C26H43ClN2O8. The van der Waals surface area contributed by atoms with Gasteiger partial charge < -0.3 is 18.9 Å². The third-order valence-corrected chi connectivity index (χ3v) is 6.27. The number of rotatable bonds is 8. The van der Waals surface area contributed by atoms with Gasteiger partial charge in [0.05, 0.1) is 24.1 Å². The molecule has 0 bridgehead atoms. The summed E-state index contributed by atoms with van der Waals surface area (Å²) in [5.41, 5.74) is -0.342. The Kier molecular flexibility index (Phi) is 15.3. The standard InChI is InChI=1S/C13H21NO4.C11H17NO3.C2H5ClO/c1-6-13(4,8-17-5)11(15)14-10(9(2)3)7-18-12(14)16;1-5-8(4)10(13)12-9(7(2)3)6-15-11(12)14;1-4-2-3/h6,9-10H,1,7-8H2,2-5H3;5,7,9H,6H2,1-4H3;2H2,1H3/b;8-5+;/t10-,13+;9-;/m11./s1. The Balaban J connectivity index is 0.000000619. The van der Waals surface area contributed by atoms with E-state index in [2.05, 4.69) is 11.3 Å². The van der Waals surface area contributed by atoms with E-state index >= 15 is 0 Å². The van der Waals surface area contributed by atoms with E-state index in [1.165, 1.54) is 23.0 Å². The van der Waals surface area contributed by atoms with Crippen molar-refractivity contribution in [3.05, 3.63) is 24.3 Å². The van der Waals surface area contributed by atoms with Crippen molar-refractivity contribution in [3.8, 4) is 0 Å². The highest BCUT2D eigenvalue weighted by atomic mass is 35.5. The number of nitrogens with zero attached hydrogens (tertiary/aromatic N) is 2. The second-order valence-corrected chi connectivity index (χ2v) is 9.77. The van der Waals surface area contributed by atoms with Gasteiger partial charge in [-0.2, -0.15) is 0 Å². The average molecular weight is 547 g/mol. The number of amides is 4. The molecule has 0 aromatic heterocycles. The number of hydrogen-bond donors (Lipinski definition) is 0. The van der Waals surface area contributed by atoms with Crippen molar-refractivity contribution in [2.75, 3.05) is 40.1 Å². The van der Waals surface area contributed by atoms with E-state index in [4.69, 9.17) is 25.8 Å². The number of cyclic esters (lactones) is 2. The van der Waals surface area contributed by atoms with Crippen molar-refractivity contribution >= 4 is 35.6 Å². The summed E-state index contributed by atoms with van der Waals surface area (Å²) >= 11 is 4.96. The molecule has 212 valence electrons. The zero-order chi connectivity index (χ0) is 28.9. The van der Waals surface area contributed by atoms with Crippen LogP contribution in [0.1, 0.15) is 48.5 Å². The van der Waals surface area contributed by atoms with Crippen LogP contribution >= 0.6 is 11.6 Å². The molecule has 2 aliphatic rings. The molecule has 4 amide bonds. The maximum Gasteiger partial charge on any atom is 0.417 e. The van der Waals surface area contributed by atoms with Gasteiger partial charge in [0.25, 0.3) is 5.91 Å². The van der Waals surface area contributed by atoms with Gasteiger partial charge in [-0.3, -0.25) is 9.59 Å². The van der Waals surface area contributed by atoms with Crippen LogP contribution in [0, 0.1) is 17.3 Å². The molecule has 0 spiro atoms. The molecule has 0 aromatic carbocycles. The van der Waals surface area contributed by atoms with Crippen molar-refractivity contribution < 1.29 is 38.1 Å². The second kappa shape index (κ2) is 16.4. The van der Waals surface area contributed by atoms with E-state index < -0.39 is 17.6 Å². The van der Waals surface area contributed by atoms with Gasteiger partial charge in [0.1, 0.15) is 19.3 Å². The Morgan fingerprint density at radius 3 is 1.84 bits per heavy atom. The van der Waals surface area contributed by atoms with Crippen LogP contribution in [0.15, 0.2) is 24.3 Å². The lowest BCUT2D eigenvalue weighted by atomic mass is 9.89. The van der Waals surface area contributed by atoms with Crippen LogP contribution in [0.25, 0.3) is 0 Å². The molecule has 0 aromatic rings. The van der Waals surface area contributed by atoms with E-state index in [9.17, 15) is 19.2 Å². The summed E-state index contributed by atoms with van der Waals surface area (Å²) in [6.07, 6.45) is 2.11. The number of carbonyl (C=O) groups is 4. The highest BCUT2D eigenvalue weighted by molar-refractivity contribution is 6.17. The zero-order valence-electron chi connectivity index (χ0n) is 23.5. The van der Waals surface area contributed by atoms with Crippen LogP contribution in [-0.4, -0.2) is 86.0 Å². The molecule has 2 heterocycles. The molecule has 0 N–H and O–H groups in total. The summed E-state index contributed by atoms with van der Waals surface area (Å²) in [6, 6.07) is -0.0685. The van der Waals surface area contributed by atoms with Crippen LogP contribution in [0.3, 0.4) is 0 Å². The summed E-state index contributed by atoms with van der Waals surface area (Å²) in [4.78, 5) is 49.9. The maximum atomic E-state index is 12.5. The normalized spacial score (nSPS) is 20.9. The molecule has 2 saturated heterocycles. The fourth-order valence-corrected chi connectivity index (χ4v) is 3.42. The monoisotopic (exact) mass is 546 g/mol. The van der Waals surface area contributed by atoms with E-state index in [0.29, 0.717) is 18.2 Å². The minimum atomic E-state index is -0.911. The largest absolute Gasteiger partial charge is 0.447 e. The molecule has 3 atom stereocenters. The van der Waals surface area contributed by atoms with Crippen molar-refractivity contribution in [3.63, 3.8) is 0 Å². The summed E-state index contributed by atoms with van der Waals surface area (Å²) in [5, 5.41) is 0. The minimum Gasteiger partial charge on any atom is -0.447 e. The SMILES string of the molecule is C/C=C(\C)C(=O)N1C(=O)OC[C@@H]1C(C)C.C=C[C@@](C)(COC)C(=O)N1C(=O)OC[C@@H]1C(C)C.COCCl. The summed E-state index contributed by atoms with van der Waals surface area (Å²) in [5.74, 6) is -0.207. The van der Waals surface area contributed by atoms with E-state index in [0.717, 1.165) is 0 Å². The number of hydrogen-bond acceptors (Lipinski definition) is 8. The van der Waals surface area contributed by atoms with Crippen molar-refractivity contribution in [1.29, 1.82) is 0 Å². The molecule has 0 radical (unpaired) electrons. The molecule has 2 rings (SSSR count). The first-order chi connectivity index (χ1) is 17.3. The Hall–Kier alpha value is -2.43. The smallest absolute Gasteiger partial charge is 0.417 e. The third kappa shape index (κ3) is 9.43. The van der Waals surface area contributed by atoms with Crippen LogP contribution in [0.4, 0.5) is 9.59 Å². The van der Waals surface area contributed by atoms with Crippen LogP contribution < -0.4 is 0 Å². The Labute approximate surface area is 225 Å². The lowest BCUT2D eigenvalue weighted by molar-refractivity contribution is -0.139. The van der Waals surface area contributed by atoms with Gasteiger partial charge in [-0.05, 0) is 32.6 Å². The van der Waals surface area contributed by atoms with E-state index in [1.54, 1.807) is 34.0 Å². The summed E-state index contributed by atoms with van der Waals surface area (Å²) in [6.45, 7) is 17.4. The first-order valence-corrected chi connectivity index (χ1v) is 12.6. The Bertz CT molecular complexity index is 827.